The fourth-order valence-electron chi connectivity index (χ4n) is 2.29. The second kappa shape index (κ2) is 7.37. The third-order valence-electron chi connectivity index (χ3n) is 3.43. The summed E-state index contributed by atoms with van der Waals surface area (Å²) in [6, 6.07) is 8.75. The predicted octanol–water partition coefficient (Wildman–Crippen LogP) is 4.04. The normalized spacial score (nSPS) is 12.1. The summed E-state index contributed by atoms with van der Waals surface area (Å²) in [5.74, 6) is -0.151. The highest BCUT2D eigenvalue weighted by Gasteiger charge is 2.18. The molecule has 2 N–H and O–H groups in total. The van der Waals surface area contributed by atoms with Crippen LogP contribution in [0.15, 0.2) is 46.2 Å². The van der Waals surface area contributed by atoms with Gasteiger partial charge >= 0.3 is 0 Å². The molecule has 0 radical (unpaired) electrons. The molecule has 2 heterocycles. The molecule has 25 heavy (non-hydrogen) atoms. The van der Waals surface area contributed by atoms with Gasteiger partial charge in [0.15, 0.2) is 16.6 Å². The smallest absolute Gasteiger partial charge is 0.221 e. The van der Waals surface area contributed by atoms with Gasteiger partial charge in [0.2, 0.25) is 5.91 Å². The molecule has 0 saturated carbocycles. The Morgan fingerprint density at radius 3 is 2.68 bits per heavy atom. The van der Waals surface area contributed by atoms with Gasteiger partial charge in [-0.25, -0.2) is 9.97 Å². The minimum atomic E-state index is -0.310. The van der Waals surface area contributed by atoms with E-state index in [4.69, 9.17) is 0 Å². The van der Waals surface area contributed by atoms with Gasteiger partial charge in [0.25, 0.3) is 0 Å². The molecule has 6 nitrogen and oxygen atoms in total. The number of ketones is 1. The first-order valence-corrected chi connectivity index (χ1v) is 9.19. The van der Waals surface area contributed by atoms with Gasteiger partial charge in [-0.1, -0.05) is 11.8 Å². The Balaban J connectivity index is 1.71. The topological polar surface area (TPSA) is 87.7 Å². The average molecular weight is 419 g/mol. The molecule has 1 atom stereocenters. The van der Waals surface area contributed by atoms with Crippen LogP contribution in [-0.2, 0) is 4.79 Å². The number of nitrogens with zero attached hydrogens (tertiary/aromatic N) is 2. The number of pyridine rings is 1. The molecule has 3 rings (SSSR count). The van der Waals surface area contributed by atoms with Crippen molar-refractivity contribution in [3.05, 3.63) is 46.6 Å². The second-order valence-corrected chi connectivity index (χ2v) is 7.69. The number of nitrogens with one attached hydrogen (secondary N) is 2. The maximum Gasteiger partial charge on any atom is 0.221 e. The molecule has 0 saturated heterocycles. The number of Topliss-reactive ketones (excluding diaryl/α,β-unsaturated/α-hetero) is 1. The summed E-state index contributed by atoms with van der Waals surface area (Å²) < 4.78 is 0.864. The highest BCUT2D eigenvalue weighted by Crippen LogP contribution is 2.26. The summed E-state index contributed by atoms with van der Waals surface area (Å²) in [7, 11) is 0. The number of hydrogen-bond acceptors (Lipinski definition) is 5. The van der Waals surface area contributed by atoms with Gasteiger partial charge in [0.1, 0.15) is 0 Å². The zero-order chi connectivity index (χ0) is 18.0. The summed E-state index contributed by atoms with van der Waals surface area (Å²) in [6.45, 7) is 3.28. The summed E-state index contributed by atoms with van der Waals surface area (Å²) >= 11 is 4.72. The number of hydrogen-bond donors (Lipinski definition) is 2. The zero-order valence-corrected chi connectivity index (χ0v) is 15.9. The third kappa shape index (κ3) is 4.26. The van der Waals surface area contributed by atoms with Crippen LogP contribution in [0.3, 0.4) is 0 Å². The average Bonchev–Trinajstić information content (AvgIpc) is 2.95. The zero-order valence-electron chi connectivity index (χ0n) is 13.5. The first-order chi connectivity index (χ1) is 11.9. The van der Waals surface area contributed by atoms with E-state index in [1.807, 2.05) is 13.0 Å². The summed E-state index contributed by atoms with van der Waals surface area (Å²) in [5, 5.41) is 3.02. The van der Waals surface area contributed by atoms with Crippen molar-refractivity contribution in [1.82, 2.24) is 15.0 Å². The Hall–Kier alpha value is -2.19. The van der Waals surface area contributed by atoms with Crippen LogP contribution in [0.1, 0.15) is 24.2 Å². The number of aromatic amines is 1. The van der Waals surface area contributed by atoms with E-state index in [0.29, 0.717) is 22.1 Å². The van der Waals surface area contributed by atoms with E-state index in [1.165, 1.54) is 18.7 Å². The van der Waals surface area contributed by atoms with Crippen molar-refractivity contribution in [3.8, 4) is 0 Å². The Morgan fingerprint density at radius 2 is 2.00 bits per heavy atom. The minimum absolute atomic E-state index is 0.00558. The van der Waals surface area contributed by atoms with E-state index in [9.17, 15) is 9.59 Å². The molecule has 128 valence electrons. The van der Waals surface area contributed by atoms with E-state index in [-0.39, 0.29) is 16.9 Å². The van der Waals surface area contributed by atoms with Crippen molar-refractivity contribution in [1.29, 1.82) is 0 Å². The number of carbonyl (C=O) groups is 2. The lowest BCUT2D eigenvalue weighted by molar-refractivity contribution is -0.114. The van der Waals surface area contributed by atoms with E-state index in [2.05, 4.69) is 36.2 Å². The molecular weight excluding hydrogens is 404 g/mol. The van der Waals surface area contributed by atoms with Gasteiger partial charge < -0.3 is 10.3 Å². The molecule has 0 fully saturated rings. The maximum atomic E-state index is 12.6. The predicted molar refractivity (Wildman–Crippen MR) is 102 cm³/mol. The third-order valence-corrected chi connectivity index (χ3v) is 4.85. The molecule has 0 bridgehead atoms. The number of aromatic nitrogens is 3. The molecule has 0 spiro atoms. The van der Waals surface area contributed by atoms with Crippen molar-refractivity contribution in [2.45, 2.75) is 24.3 Å². The Bertz CT molecular complexity index is 939. The number of imidazole rings is 1. The van der Waals surface area contributed by atoms with Gasteiger partial charge in [0.05, 0.1) is 10.8 Å². The fourth-order valence-corrected chi connectivity index (χ4v) is 3.50. The molecular formula is C17H15BrN4O2S. The number of halogens is 1. The summed E-state index contributed by atoms with van der Waals surface area (Å²) in [5.41, 5.74) is 2.69. The number of amides is 1. The molecule has 3 aromatic rings. The molecule has 2 aromatic heterocycles. The lowest BCUT2D eigenvalue weighted by Gasteiger charge is -2.09. The fraction of sp³-hybridized carbons (Fsp3) is 0.176. The van der Waals surface area contributed by atoms with Crippen LogP contribution >= 0.6 is 27.7 Å². The number of H-pyrrole nitrogens is 1. The Kier molecular flexibility index (Phi) is 5.19. The molecule has 0 aliphatic heterocycles. The maximum absolute atomic E-state index is 12.6. The molecule has 1 amide bonds. The van der Waals surface area contributed by atoms with Crippen molar-refractivity contribution in [2.75, 3.05) is 5.32 Å². The second-order valence-electron chi connectivity index (χ2n) is 5.45. The van der Waals surface area contributed by atoms with Crippen molar-refractivity contribution in [2.24, 2.45) is 0 Å². The first kappa shape index (κ1) is 17.6. The van der Waals surface area contributed by atoms with Crippen LogP contribution < -0.4 is 5.32 Å². The quantitative estimate of drug-likeness (QED) is 0.482. The van der Waals surface area contributed by atoms with Gasteiger partial charge in [-0.15, -0.1) is 0 Å². The van der Waals surface area contributed by atoms with Gasteiger partial charge in [-0.05, 0) is 53.2 Å². The number of carbonyl (C=O) groups excluding carboxylic acids is 2. The molecule has 0 aliphatic carbocycles. The molecule has 1 aromatic carbocycles. The van der Waals surface area contributed by atoms with E-state index in [1.54, 1.807) is 30.5 Å². The van der Waals surface area contributed by atoms with Crippen LogP contribution in [0.4, 0.5) is 5.69 Å². The first-order valence-electron chi connectivity index (χ1n) is 7.52. The monoisotopic (exact) mass is 418 g/mol. The summed E-state index contributed by atoms with van der Waals surface area (Å²) in [4.78, 5) is 35.4. The Labute approximate surface area is 157 Å². The summed E-state index contributed by atoms with van der Waals surface area (Å²) in [6.07, 6.45) is 1.68. The van der Waals surface area contributed by atoms with Crippen LogP contribution in [-0.4, -0.2) is 31.9 Å². The van der Waals surface area contributed by atoms with E-state index >= 15 is 0 Å². The van der Waals surface area contributed by atoms with E-state index in [0.717, 1.165) is 9.99 Å². The number of rotatable bonds is 5. The highest BCUT2D eigenvalue weighted by molar-refractivity contribution is 9.10. The van der Waals surface area contributed by atoms with Gasteiger partial charge in [-0.2, -0.15) is 0 Å². The number of fused-ring (bicyclic) bond motifs is 1. The number of thioether (sulfide) groups is 1. The van der Waals surface area contributed by atoms with E-state index < -0.39 is 0 Å². The van der Waals surface area contributed by atoms with Crippen LogP contribution in [0.5, 0.6) is 0 Å². The van der Waals surface area contributed by atoms with Crippen molar-refractivity contribution in [3.63, 3.8) is 0 Å². The number of anilines is 1. The highest BCUT2D eigenvalue weighted by atomic mass is 79.9. The number of benzene rings is 1. The standard InChI is InChI=1S/C17H15BrN4O2S/c1-9(15(24)11-3-5-13(6-4-11)20-10(2)23)25-17-21-14-7-12(18)8-19-16(14)22-17/h3-9H,1-2H3,(H,20,23)(H,19,21,22). The van der Waals surface area contributed by atoms with Crippen LogP contribution in [0.25, 0.3) is 11.2 Å². The molecule has 1 unspecified atom stereocenters. The Morgan fingerprint density at radius 1 is 1.28 bits per heavy atom. The van der Waals surface area contributed by atoms with Gasteiger partial charge in [0, 0.05) is 28.8 Å². The van der Waals surface area contributed by atoms with Crippen LogP contribution in [0.2, 0.25) is 0 Å². The van der Waals surface area contributed by atoms with Crippen molar-refractivity contribution < 1.29 is 9.59 Å². The minimum Gasteiger partial charge on any atom is -0.331 e. The molecule has 8 heteroatoms. The molecule has 0 aliphatic rings. The lowest BCUT2D eigenvalue weighted by atomic mass is 10.1. The largest absolute Gasteiger partial charge is 0.331 e. The van der Waals surface area contributed by atoms with Gasteiger partial charge in [-0.3, -0.25) is 9.59 Å². The lowest BCUT2D eigenvalue weighted by Crippen LogP contribution is -2.14. The van der Waals surface area contributed by atoms with Crippen molar-refractivity contribution >= 4 is 56.2 Å². The SMILES string of the molecule is CC(=O)Nc1ccc(C(=O)C(C)Sc2nc3ncc(Br)cc3[nH]2)cc1. The van der Waals surface area contributed by atoms with Crippen LogP contribution in [0, 0.1) is 0 Å².